The average molecular weight is 255 g/mol. The lowest BCUT2D eigenvalue weighted by atomic mass is 10.0. The van der Waals surface area contributed by atoms with Gasteiger partial charge in [0.25, 0.3) is 0 Å². The molecule has 1 atom stereocenters. The van der Waals surface area contributed by atoms with Gasteiger partial charge in [0.2, 0.25) is 0 Å². The summed E-state index contributed by atoms with van der Waals surface area (Å²) in [7, 11) is 0. The number of nitrogens with one attached hydrogen (secondary N) is 1. The van der Waals surface area contributed by atoms with Gasteiger partial charge >= 0.3 is 6.18 Å². The maximum Gasteiger partial charge on any atom is 0.416 e. The van der Waals surface area contributed by atoms with Crippen LogP contribution < -0.4 is 5.32 Å². The van der Waals surface area contributed by atoms with Crippen molar-refractivity contribution in [2.45, 2.75) is 32.0 Å². The first kappa shape index (κ1) is 14.6. The van der Waals surface area contributed by atoms with E-state index < -0.39 is 11.7 Å². The van der Waals surface area contributed by atoms with Crippen LogP contribution >= 0.6 is 0 Å². The molecule has 0 aliphatic carbocycles. The summed E-state index contributed by atoms with van der Waals surface area (Å²) in [5, 5.41) is 3.21. The van der Waals surface area contributed by atoms with E-state index >= 15 is 0 Å². The fourth-order valence-electron chi connectivity index (χ4n) is 1.76. The second-order valence-electron chi connectivity index (χ2n) is 4.06. The molecule has 1 nitrogen and oxygen atoms in total. The van der Waals surface area contributed by atoms with E-state index in [0.29, 0.717) is 12.8 Å². The molecule has 0 heterocycles. The first-order valence-electron chi connectivity index (χ1n) is 5.80. The number of likely N-dealkylation sites (N-methyl/N-ethyl adjacent to an activating group) is 1. The van der Waals surface area contributed by atoms with E-state index in [9.17, 15) is 13.2 Å². The first-order valence-corrected chi connectivity index (χ1v) is 5.80. The normalized spacial score (nSPS) is 13.1. The Bertz CT molecular complexity index is 401. The Balaban J connectivity index is 2.70. The lowest BCUT2D eigenvalue weighted by Gasteiger charge is -2.15. The molecule has 0 radical (unpaired) electrons. The van der Waals surface area contributed by atoms with E-state index in [-0.39, 0.29) is 6.04 Å². The zero-order valence-corrected chi connectivity index (χ0v) is 10.2. The molecule has 0 aliphatic rings. The van der Waals surface area contributed by atoms with Crippen molar-refractivity contribution in [3.63, 3.8) is 0 Å². The second-order valence-corrected chi connectivity index (χ2v) is 4.06. The fourth-order valence-corrected chi connectivity index (χ4v) is 1.76. The van der Waals surface area contributed by atoms with Crippen LogP contribution in [-0.4, -0.2) is 12.6 Å². The molecule has 98 valence electrons. The summed E-state index contributed by atoms with van der Waals surface area (Å²) < 4.78 is 37.2. The molecule has 0 saturated heterocycles. The number of hydrogen-bond donors (Lipinski definition) is 1. The van der Waals surface area contributed by atoms with Gasteiger partial charge < -0.3 is 5.32 Å². The Hall–Kier alpha value is -1.47. The molecule has 4 heteroatoms. The molecule has 1 unspecified atom stereocenters. The van der Waals surface area contributed by atoms with Crippen molar-refractivity contribution < 1.29 is 13.2 Å². The average Bonchev–Trinajstić information content (AvgIpc) is 2.29. The van der Waals surface area contributed by atoms with Crippen LogP contribution in [0.5, 0.6) is 0 Å². The molecule has 0 fully saturated rings. The van der Waals surface area contributed by atoms with Gasteiger partial charge in [0.05, 0.1) is 5.56 Å². The zero-order valence-electron chi connectivity index (χ0n) is 10.2. The molecule has 1 rings (SSSR count). The highest BCUT2D eigenvalue weighted by atomic mass is 19.4. The highest BCUT2D eigenvalue weighted by Crippen LogP contribution is 2.29. The monoisotopic (exact) mass is 255 g/mol. The third-order valence-corrected chi connectivity index (χ3v) is 2.62. The van der Waals surface area contributed by atoms with Gasteiger partial charge in [-0.2, -0.15) is 13.2 Å². The van der Waals surface area contributed by atoms with Gasteiger partial charge in [0, 0.05) is 12.5 Å². The summed E-state index contributed by atoms with van der Waals surface area (Å²) in [5.74, 6) is 2.57. The van der Waals surface area contributed by atoms with Crippen molar-refractivity contribution >= 4 is 0 Å². The zero-order chi connectivity index (χ0) is 13.6. The van der Waals surface area contributed by atoms with E-state index in [1.54, 1.807) is 0 Å². The minimum atomic E-state index is -4.28. The molecule has 0 aliphatic heterocycles. The molecular formula is C14H16F3N. The van der Waals surface area contributed by atoms with E-state index in [1.807, 2.05) is 6.92 Å². The summed E-state index contributed by atoms with van der Waals surface area (Å²) in [6, 6.07) is 5.33. The highest BCUT2D eigenvalue weighted by molar-refractivity contribution is 5.25. The van der Waals surface area contributed by atoms with Crippen LogP contribution in [0.4, 0.5) is 13.2 Å². The van der Waals surface area contributed by atoms with Gasteiger partial charge in [-0.1, -0.05) is 19.1 Å². The van der Waals surface area contributed by atoms with Gasteiger partial charge in [-0.3, -0.25) is 0 Å². The summed E-state index contributed by atoms with van der Waals surface area (Å²) in [4.78, 5) is 0. The minimum Gasteiger partial charge on any atom is -0.313 e. The molecule has 1 aromatic carbocycles. The Kier molecular flexibility index (Phi) is 5.24. The Morgan fingerprint density at radius 2 is 1.89 bits per heavy atom. The van der Waals surface area contributed by atoms with Gasteiger partial charge in [-0.25, -0.2) is 0 Å². The van der Waals surface area contributed by atoms with Gasteiger partial charge in [-0.05, 0) is 30.7 Å². The number of halogens is 3. The fraction of sp³-hybridized carbons (Fsp3) is 0.429. The standard InChI is InChI=1S/C14H16F3N/c1-3-5-13(18-4-2)10-11-6-8-12(9-7-11)14(15,16)17/h1,6-9,13,18H,4-5,10H2,2H3. The number of hydrogen-bond acceptors (Lipinski definition) is 1. The lowest BCUT2D eigenvalue weighted by molar-refractivity contribution is -0.137. The predicted octanol–water partition coefficient (Wildman–Crippen LogP) is 3.25. The van der Waals surface area contributed by atoms with Gasteiger partial charge in [0.15, 0.2) is 0 Å². The van der Waals surface area contributed by atoms with Crippen LogP contribution in [0.15, 0.2) is 24.3 Å². The molecule has 0 bridgehead atoms. The van der Waals surface area contributed by atoms with Crippen LogP contribution in [0.1, 0.15) is 24.5 Å². The van der Waals surface area contributed by atoms with Crippen molar-refractivity contribution in [3.8, 4) is 12.3 Å². The number of rotatable bonds is 5. The van der Waals surface area contributed by atoms with E-state index in [2.05, 4.69) is 11.2 Å². The third kappa shape index (κ3) is 4.42. The van der Waals surface area contributed by atoms with E-state index in [0.717, 1.165) is 24.2 Å². The molecular weight excluding hydrogens is 239 g/mol. The van der Waals surface area contributed by atoms with Gasteiger partial charge in [0.1, 0.15) is 0 Å². The number of benzene rings is 1. The quantitative estimate of drug-likeness (QED) is 0.796. The molecule has 0 amide bonds. The number of alkyl halides is 3. The van der Waals surface area contributed by atoms with E-state index in [1.165, 1.54) is 12.1 Å². The van der Waals surface area contributed by atoms with Crippen molar-refractivity contribution in [2.24, 2.45) is 0 Å². The third-order valence-electron chi connectivity index (χ3n) is 2.62. The minimum absolute atomic E-state index is 0.108. The molecule has 0 spiro atoms. The van der Waals surface area contributed by atoms with Crippen LogP contribution in [0.2, 0.25) is 0 Å². The maximum absolute atomic E-state index is 12.4. The summed E-state index contributed by atoms with van der Waals surface area (Å²) >= 11 is 0. The molecule has 18 heavy (non-hydrogen) atoms. The molecule has 0 aromatic heterocycles. The van der Waals surface area contributed by atoms with Crippen molar-refractivity contribution in [1.29, 1.82) is 0 Å². The summed E-state index contributed by atoms with van der Waals surface area (Å²) in [6.45, 7) is 2.75. The van der Waals surface area contributed by atoms with Crippen LogP contribution in [0, 0.1) is 12.3 Å². The highest BCUT2D eigenvalue weighted by Gasteiger charge is 2.29. The summed E-state index contributed by atoms with van der Waals surface area (Å²) in [5.41, 5.74) is 0.229. The molecule has 0 saturated carbocycles. The topological polar surface area (TPSA) is 12.0 Å². The van der Waals surface area contributed by atoms with Crippen molar-refractivity contribution in [1.82, 2.24) is 5.32 Å². The van der Waals surface area contributed by atoms with Crippen molar-refractivity contribution in [3.05, 3.63) is 35.4 Å². The molecule has 1 aromatic rings. The van der Waals surface area contributed by atoms with Crippen molar-refractivity contribution in [2.75, 3.05) is 6.54 Å². The van der Waals surface area contributed by atoms with E-state index in [4.69, 9.17) is 6.42 Å². The van der Waals surface area contributed by atoms with Crippen LogP contribution in [-0.2, 0) is 12.6 Å². The Morgan fingerprint density at radius 3 is 2.33 bits per heavy atom. The Labute approximate surface area is 105 Å². The van der Waals surface area contributed by atoms with Crippen LogP contribution in [0.3, 0.4) is 0 Å². The van der Waals surface area contributed by atoms with Gasteiger partial charge in [-0.15, -0.1) is 12.3 Å². The molecule has 1 N–H and O–H groups in total. The number of terminal acetylenes is 1. The SMILES string of the molecule is C#CCC(Cc1ccc(C(F)(F)F)cc1)NCC. The maximum atomic E-state index is 12.4. The first-order chi connectivity index (χ1) is 8.47. The lowest BCUT2D eigenvalue weighted by Crippen LogP contribution is -2.30. The predicted molar refractivity (Wildman–Crippen MR) is 66.1 cm³/mol. The largest absolute Gasteiger partial charge is 0.416 e. The Morgan fingerprint density at radius 1 is 1.28 bits per heavy atom. The van der Waals surface area contributed by atoms with Crippen LogP contribution in [0.25, 0.3) is 0 Å². The smallest absolute Gasteiger partial charge is 0.313 e. The second kappa shape index (κ2) is 6.46. The summed E-state index contributed by atoms with van der Waals surface area (Å²) in [6.07, 6.45) is 2.18.